The molecule has 1 fully saturated rings. The Kier molecular flexibility index (Phi) is 4.31. The third-order valence-electron chi connectivity index (χ3n) is 5.05. The molecule has 1 unspecified atom stereocenters. The molecular weight excluding hydrogens is 367 g/mol. The summed E-state index contributed by atoms with van der Waals surface area (Å²) in [4.78, 5) is 19.5. The van der Waals surface area contributed by atoms with Crippen molar-refractivity contribution in [2.75, 3.05) is 23.7 Å². The zero-order valence-corrected chi connectivity index (χ0v) is 15.9. The zero-order valence-electron chi connectivity index (χ0n) is 15.1. The summed E-state index contributed by atoms with van der Waals surface area (Å²) >= 11 is 1.53. The van der Waals surface area contributed by atoms with E-state index in [2.05, 4.69) is 15.0 Å². The maximum atomic E-state index is 14.1. The van der Waals surface area contributed by atoms with Crippen LogP contribution < -0.4 is 10.6 Å². The van der Waals surface area contributed by atoms with Gasteiger partial charge >= 0.3 is 0 Å². The minimum atomic E-state index is -1.40. The SMILES string of the molecule is CC(C)(O)c1nc(N2C[C@H]3CSC(N)=NC3(c3cccnc3)C2)ncc1F. The van der Waals surface area contributed by atoms with Crippen molar-refractivity contribution in [3.63, 3.8) is 0 Å². The topological polar surface area (TPSA) is 101 Å². The van der Waals surface area contributed by atoms with Gasteiger partial charge < -0.3 is 15.7 Å². The van der Waals surface area contributed by atoms with E-state index >= 15 is 0 Å². The minimum absolute atomic E-state index is 0.0183. The van der Waals surface area contributed by atoms with Gasteiger partial charge in [-0.15, -0.1) is 0 Å². The number of rotatable bonds is 3. The summed E-state index contributed by atoms with van der Waals surface area (Å²) in [6, 6.07) is 3.89. The molecule has 0 saturated carbocycles. The normalized spacial score (nSPS) is 25.3. The van der Waals surface area contributed by atoms with Crippen LogP contribution in [0.1, 0.15) is 25.1 Å². The number of nitrogens with zero attached hydrogens (tertiary/aromatic N) is 5. The Hall–Kier alpha value is -2.26. The van der Waals surface area contributed by atoms with E-state index in [1.807, 2.05) is 23.2 Å². The Morgan fingerprint density at radius 3 is 2.93 bits per heavy atom. The Morgan fingerprint density at radius 1 is 1.41 bits per heavy atom. The number of hydrogen-bond donors (Lipinski definition) is 2. The second kappa shape index (κ2) is 6.42. The Bertz CT molecular complexity index is 887. The molecule has 2 aromatic rings. The fourth-order valence-electron chi connectivity index (χ4n) is 3.74. The number of nitrogens with two attached hydrogens (primary N) is 1. The van der Waals surface area contributed by atoms with Crippen LogP contribution in [0.2, 0.25) is 0 Å². The van der Waals surface area contributed by atoms with Crippen LogP contribution in [0, 0.1) is 11.7 Å². The summed E-state index contributed by atoms with van der Waals surface area (Å²) < 4.78 is 14.1. The van der Waals surface area contributed by atoms with E-state index in [9.17, 15) is 9.50 Å². The molecule has 0 bridgehead atoms. The molecule has 2 atom stereocenters. The van der Waals surface area contributed by atoms with Crippen LogP contribution in [0.4, 0.5) is 10.3 Å². The molecule has 2 aromatic heterocycles. The van der Waals surface area contributed by atoms with Gasteiger partial charge in [0.2, 0.25) is 5.95 Å². The highest BCUT2D eigenvalue weighted by atomic mass is 32.2. The van der Waals surface area contributed by atoms with Crippen molar-refractivity contribution in [1.29, 1.82) is 0 Å². The Balaban J connectivity index is 1.75. The number of aliphatic hydroxyl groups is 1. The first kappa shape index (κ1) is 18.1. The molecule has 2 aliphatic heterocycles. The maximum absolute atomic E-state index is 14.1. The Labute approximate surface area is 160 Å². The first-order valence-corrected chi connectivity index (χ1v) is 9.67. The minimum Gasteiger partial charge on any atom is -0.384 e. The standard InChI is InChI=1S/C18H21FN6OS/c1-17(2,26)14-13(19)7-22-16(23-14)25-8-12-9-27-15(20)24-18(12,10-25)11-4-3-5-21-6-11/h3-7,12,26H,8-10H2,1-2H3,(H2,20,24)/t12-,18?/m0/s1. The number of pyridine rings is 1. The highest BCUT2D eigenvalue weighted by Gasteiger charge is 2.51. The average Bonchev–Trinajstić information content (AvgIpc) is 3.02. The van der Waals surface area contributed by atoms with Crippen LogP contribution >= 0.6 is 11.8 Å². The maximum Gasteiger partial charge on any atom is 0.225 e. The molecule has 4 rings (SSSR count). The molecule has 3 N–H and O–H groups in total. The van der Waals surface area contributed by atoms with Crippen molar-refractivity contribution < 1.29 is 9.50 Å². The van der Waals surface area contributed by atoms with E-state index in [0.29, 0.717) is 24.2 Å². The molecule has 27 heavy (non-hydrogen) atoms. The van der Waals surface area contributed by atoms with Crippen molar-refractivity contribution >= 4 is 22.9 Å². The van der Waals surface area contributed by atoms with E-state index in [4.69, 9.17) is 10.7 Å². The van der Waals surface area contributed by atoms with Gasteiger partial charge in [-0.05, 0) is 19.9 Å². The largest absolute Gasteiger partial charge is 0.384 e. The first-order valence-electron chi connectivity index (χ1n) is 8.68. The molecule has 7 nitrogen and oxygen atoms in total. The lowest BCUT2D eigenvalue weighted by Gasteiger charge is -2.34. The van der Waals surface area contributed by atoms with Crippen molar-refractivity contribution in [1.82, 2.24) is 15.0 Å². The number of hydrogen-bond acceptors (Lipinski definition) is 8. The van der Waals surface area contributed by atoms with Gasteiger partial charge in [0, 0.05) is 36.2 Å². The number of aromatic nitrogens is 3. The van der Waals surface area contributed by atoms with Gasteiger partial charge in [0.15, 0.2) is 11.0 Å². The summed E-state index contributed by atoms with van der Waals surface area (Å²) in [5.41, 5.74) is 5.10. The first-order chi connectivity index (χ1) is 12.8. The fraction of sp³-hybridized carbons (Fsp3) is 0.444. The number of anilines is 1. The van der Waals surface area contributed by atoms with Crippen LogP contribution in [-0.2, 0) is 11.1 Å². The predicted molar refractivity (Wildman–Crippen MR) is 103 cm³/mol. The monoisotopic (exact) mass is 388 g/mol. The highest BCUT2D eigenvalue weighted by Crippen LogP contribution is 2.45. The second-order valence-corrected chi connectivity index (χ2v) is 8.47. The van der Waals surface area contributed by atoms with E-state index in [1.165, 1.54) is 25.6 Å². The second-order valence-electron chi connectivity index (χ2n) is 7.43. The lowest BCUT2D eigenvalue weighted by Crippen LogP contribution is -2.40. The lowest BCUT2D eigenvalue weighted by atomic mass is 9.83. The molecular formula is C18H21FN6OS. The van der Waals surface area contributed by atoms with Crippen molar-refractivity contribution in [3.8, 4) is 0 Å². The molecule has 142 valence electrons. The number of fused-ring (bicyclic) bond motifs is 1. The molecule has 2 aliphatic rings. The van der Waals surface area contributed by atoms with Crippen LogP contribution in [0.5, 0.6) is 0 Å². The molecule has 0 spiro atoms. The van der Waals surface area contributed by atoms with E-state index in [1.54, 1.807) is 6.20 Å². The Morgan fingerprint density at radius 2 is 2.22 bits per heavy atom. The number of aliphatic imine (C=N–C) groups is 1. The van der Waals surface area contributed by atoms with Crippen molar-refractivity contribution in [2.24, 2.45) is 16.6 Å². The summed E-state index contributed by atoms with van der Waals surface area (Å²) in [6.45, 7) is 4.19. The lowest BCUT2D eigenvalue weighted by molar-refractivity contribution is 0.0693. The van der Waals surface area contributed by atoms with Crippen molar-refractivity contribution in [2.45, 2.75) is 25.0 Å². The fourth-order valence-corrected chi connectivity index (χ4v) is 4.72. The van der Waals surface area contributed by atoms with E-state index in [0.717, 1.165) is 17.5 Å². The van der Waals surface area contributed by atoms with Gasteiger partial charge in [-0.25, -0.2) is 19.4 Å². The molecule has 0 aromatic carbocycles. The summed E-state index contributed by atoms with van der Waals surface area (Å²) in [6.07, 6.45) is 4.66. The quantitative estimate of drug-likeness (QED) is 0.824. The van der Waals surface area contributed by atoms with Crippen LogP contribution in [0.3, 0.4) is 0 Å². The highest BCUT2D eigenvalue weighted by molar-refractivity contribution is 8.13. The smallest absolute Gasteiger partial charge is 0.225 e. The van der Waals surface area contributed by atoms with Gasteiger partial charge in [0.25, 0.3) is 0 Å². The van der Waals surface area contributed by atoms with Gasteiger partial charge in [-0.1, -0.05) is 17.8 Å². The van der Waals surface area contributed by atoms with Gasteiger partial charge in [0.05, 0.1) is 12.7 Å². The summed E-state index contributed by atoms with van der Waals surface area (Å²) in [5, 5.41) is 10.8. The van der Waals surface area contributed by atoms with Crippen molar-refractivity contribution in [3.05, 3.63) is 47.8 Å². The summed E-state index contributed by atoms with van der Waals surface area (Å²) in [5.74, 6) is 0.770. The van der Waals surface area contributed by atoms with Gasteiger partial charge in [-0.2, -0.15) is 0 Å². The number of amidine groups is 1. The van der Waals surface area contributed by atoms with E-state index < -0.39 is 17.0 Å². The average molecular weight is 388 g/mol. The van der Waals surface area contributed by atoms with Crippen LogP contribution in [-0.4, -0.2) is 44.1 Å². The molecule has 9 heteroatoms. The van der Waals surface area contributed by atoms with Crippen LogP contribution in [0.25, 0.3) is 0 Å². The summed E-state index contributed by atoms with van der Waals surface area (Å²) in [7, 11) is 0. The third kappa shape index (κ3) is 3.14. The number of thioether (sulfide) groups is 1. The third-order valence-corrected chi connectivity index (χ3v) is 6.00. The zero-order chi connectivity index (χ0) is 19.2. The molecule has 0 aliphatic carbocycles. The van der Waals surface area contributed by atoms with E-state index in [-0.39, 0.29) is 11.6 Å². The molecule has 1 saturated heterocycles. The molecule has 0 amide bonds. The molecule has 4 heterocycles. The van der Waals surface area contributed by atoms with Gasteiger partial charge in [0.1, 0.15) is 16.8 Å². The van der Waals surface area contributed by atoms with Crippen LogP contribution in [0.15, 0.2) is 35.7 Å². The molecule has 0 radical (unpaired) electrons. The van der Waals surface area contributed by atoms with Gasteiger partial charge in [-0.3, -0.25) is 4.98 Å². The predicted octanol–water partition coefficient (Wildman–Crippen LogP) is 1.63. The number of halogens is 1.